The maximum atomic E-state index is 11.1. The van der Waals surface area contributed by atoms with Gasteiger partial charge in [-0.3, -0.25) is 9.40 Å². The van der Waals surface area contributed by atoms with Gasteiger partial charge in [0.05, 0.1) is 13.2 Å². The molecule has 1 N–H and O–H groups in total. The average Bonchev–Trinajstić information content (AvgIpc) is 2.28. The van der Waals surface area contributed by atoms with Gasteiger partial charge in [-0.1, -0.05) is 36.0 Å². The van der Waals surface area contributed by atoms with Gasteiger partial charge in [0, 0.05) is 0 Å². The van der Waals surface area contributed by atoms with Crippen LogP contribution in [0, 0.1) is 0 Å². The highest BCUT2D eigenvalue weighted by Crippen LogP contribution is 2.23. The van der Waals surface area contributed by atoms with Crippen LogP contribution in [0.15, 0.2) is 30.3 Å². The monoisotopic (exact) mass is 231 g/mol. The first-order valence-electron chi connectivity index (χ1n) is 4.57. The van der Waals surface area contributed by atoms with Crippen molar-refractivity contribution in [1.82, 2.24) is 5.64 Å². The lowest BCUT2D eigenvalue weighted by Gasteiger charge is -2.05. The Labute approximate surface area is 89.2 Å². The minimum absolute atomic E-state index is 0.256. The number of hydrogen-bond donors (Lipinski definition) is 1. The molecule has 1 unspecified atom stereocenters. The summed E-state index contributed by atoms with van der Waals surface area (Å²) in [5, 5.41) is 0. The second kappa shape index (κ2) is 7.56. The van der Waals surface area contributed by atoms with Crippen LogP contribution in [-0.2, 0) is 25.2 Å². The summed E-state index contributed by atoms with van der Waals surface area (Å²) in [6.45, 7) is 2.46. The van der Waals surface area contributed by atoms with Crippen LogP contribution in [0.5, 0.6) is 0 Å². The molecule has 0 saturated heterocycles. The normalized spacial score (nSPS) is 12.6. The minimum Gasteiger partial charge on any atom is -0.305 e. The van der Waals surface area contributed by atoms with Gasteiger partial charge < -0.3 is 4.52 Å². The van der Waals surface area contributed by atoms with Gasteiger partial charge >= 0.3 is 8.25 Å². The molecule has 0 saturated carbocycles. The van der Waals surface area contributed by atoms with Gasteiger partial charge in [0.25, 0.3) is 0 Å². The molecule has 1 aromatic carbocycles. The Hall–Kier alpha value is -0.710. The quantitative estimate of drug-likeness (QED) is 0.442. The Kier molecular flexibility index (Phi) is 6.23. The summed E-state index contributed by atoms with van der Waals surface area (Å²) in [4.78, 5) is 4.63. The predicted octanol–water partition coefficient (Wildman–Crippen LogP) is 2.07. The van der Waals surface area contributed by atoms with Crippen molar-refractivity contribution in [2.75, 3.05) is 6.61 Å². The van der Waals surface area contributed by atoms with Crippen molar-refractivity contribution in [3.8, 4) is 0 Å². The summed E-state index contributed by atoms with van der Waals surface area (Å²) >= 11 is 0. The highest BCUT2D eigenvalue weighted by Gasteiger charge is 1.99. The lowest BCUT2D eigenvalue weighted by atomic mass is 10.2. The fraction of sp³-hybridized carbons (Fsp3) is 0.333. The highest BCUT2D eigenvalue weighted by molar-refractivity contribution is 7.33. The number of rotatable bonds is 7. The van der Waals surface area contributed by atoms with E-state index in [1.54, 1.807) is 6.92 Å². The summed E-state index contributed by atoms with van der Waals surface area (Å²) in [6, 6.07) is 9.43. The second-order valence-electron chi connectivity index (χ2n) is 2.64. The molecule has 0 aromatic heterocycles. The van der Waals surface area contributed by atoms with Crippen LogP contribution in [0.1, 0.15) is 12.5 Å². The zero-order valence-corrected chi connectivity index (χ0v) is 9.43. The largest absolute Gasteiger partial charge is 0.337 e. The first-order valence-corrected chi connectivity index (χ1v) is 5.79. The SMILES string of the molecule is CCONO[PH](=O)OCc1ccccc1. The second-order valence-corrected chi connectivity index (χ2v) is 3.64. The van der Waals surface area contributed by atoms with Crippen molar-refractivity contribution < 1.29 is 18.6 Å². The van der Waals surface area contributed by atoms with Crippen molar-refractivity contribution in [3.63, 3.8) is 0 Å². The molecular weight excluding hydrogens is 217 g/mol. The van der Waals surface area contributed by atoms with Crippen LogP contribution in [-0.4, -0.2) is 6.61 Å². The zero-order valence-electron chi connectivity index (χ0n) is 8.43. The van der Waals surface area contributed by atoms with E-state index >= 15 is 0 Å². The van der Waals surface area contributed by atoms with E-state index < -0.39 is 8.25 Å². The van der Waals surface area contributed by atoms with Gasteiger partial charge in [0.1, 0.15) is 0 Å². The fourth-order valence-corrected chi connectivity index (χ4v) is 1.34. The molecular formula is C9H14NO4P. The Morgan fingerprint density at radius 2 is 2.07 bits per heavy atom. The number of benzene rings is 1. The van der Waals surface area contributed by atoms with Crippen LogP contribution in [0.4, 0.5) is 0 Å². The van der Waals surface area contributed by atoms with E-state index in [1.165, 1.54) is 0 Å². The fourth-order valence-electron chi connectivity index (χ4n) is 0.868. The number of hydrogen-bond acceptors (Lipinski definition) is 5. The van der Waals surface area contributed by atoms with E-state index in [9.17, 15) is 4.57 Å². The Balaban J connectivity index is 2.17. The van der Waals surface area contributed by atoms with Crippen molar-refractivity contribution in [2.45, 2.75) is 13.5 Å². The number of nitrogens with one attached hydrogen (secondary N) is 1. The van der Waals surface area contributed by atoms with Crippen molar-refractivity contribution >= 4 is 8.25 Å². The first kappa shape index (κ1) is 12.4. The molecule has 0 radical (unpaired) electrons. The van der Waals surface area contributed by atoms with Crippen molar-refractivity contribution in [3.05, 3.63) is 35.9 Å². The summed E-state index contributed by atoms with van der Waals surface area (Å²) in [7, 11) is -2.55. The molecule has 0 aliphatic rings. The van der Waals surface area contributed by atoms with E-state index in [0.717, 1.165) is 5.56 Å². The van der Waals surface area contributed by atoms with E-state index in [0.29, 0.717) is 6.61 Å². The van der Waals surface area contributed by atoms with Crippen molar-refractivity contribution in [2.24, 2.45) is 0 Å². The van der Waals surface area contributed by atoms with Crippen LogP contribution < -0.4 is 5.64 Å². The summed E-state index contributed by atoms with van der Waals surface area (Å²) in [6.07, 6.45) is 0. The molecule has 0 amide bonds. The van der Waals surface area contributed by atoms with Crippen LogP contribution in [0.3, 0.4) is 0 Å². The predicted molar refractivity (Wildman–Crippen MR) is 56.1 cm³/mol. The summed E-state index contributed by atoms with van der Waals surface area (Å²) < 4.78 is 20.6. The molecule has 0 fully saturated rings. The van der Waals surface area contributed by atoms with Gasteiger partial charge in [-0.15, -0.1) is 0 Å². The Bertz CT molecular complexity index is 293. The van der Waals surface area contributed by atoms with Gasteiger partial charge in [-0.05, 0) is 12.5 Å². The van der Waals surface area contributed by atoms with Gasteiger partial charge in [-0.25, -0.2) is 0 Å². The summed E-state index contributed by atoms with van der Waals surface area (Å²) in [5.74, 6) is 0. The first-order chi connectivity index (χ1) is 7.33. The van der Waals surface area contributed by atoms with E-state index in [-0.39, 0.29) is 6.61 Å². The molecule has 0 heterocycles. The highest BCUT2D eigenvalue weighted by atomic mass is 31.1. The van der Waals surface area contributed by atoms with E-state index in [2.05, 4.69) is 15.1 Å². The third kappa shape index (κ3) is 5.67. The van der Waals surface area contributed by atoms with Crippen molar-refractivity contribution in [1.29, 1.82) is 0 Å². The standard InChI is InChI=1S/C9H14NO4P/c1-2-12-10-14-15(11)13-8-9-6-4-3-5-7-9/h3-7,10,15H,2,8H2,1H3. The maximum Gasteiger partial charge on any atom is 0.337 e. The average molecular weight is 231 g/mol. The molecule has 5 nitrogen and oxygen atoms in total. The molecule has 1 rings (SSSR count). The molecule has 0 bridgehead atoms. The third-order valence-electron chi connectivity index (χ3n) is 1.53. The van der Waals surface area contributed by atoms with Crippen LogP contribution in [0.2, 0.25) is 0 Å². The van der Waals surface area contributed by atoms with Gasteiger partial charge in [-0.2, -0.15) is 4.62 Å². The molecule has 84 valence electrons. The van der Waals surface area contributed by atoms with Gasteiger partial charge in [0.2, 0.25) is 0 Å². The van der Waals surface area contributed by atoms with E-state index in [4.69, 9.17) is 4.52 Å². The molecule has 0 aliphatic carbocycles. The molecule has 0 aliphatic heterocycles. The summed E-state index contributed by atoms with van der Waals surface area (Å²) in [5.41, 5.74) is 3.02. The van der Waals surface area contributed by atoms with E-state index in [1.807, 2.05) is 30.3 Å². The van der Waals surface area contributed by atoms with Crippen LogP contribution >= 0.6 is 8.25 Å². The lowest BCUT2D eigenvalue weighted by Crippen LogP contribution is -2.10. The smallest absolute Gasteiger partial charge is 0.305 e. The molecule has 1 atom stereocenters. The van der Waals surface area contributed by atoms with Crippen LogP contribution in [0.25, 0.3) is 0 Å². The topological polar surface area (TPSA) is 56.8 Å². The molecule has 0 spiro atoms. The molecule has 1 aromatic rings. The zero-order chi connectivity index (χ0) is 10.9. The minimum atomic E-state index is -2.55. The Morgan fingerprint density at radius 1 is 1.33 bits per heavy atom. The lowest BCUT2D eigenvalue weighted by molar-refractivity contribution is -0.105. The molecule has 15 heavy (non-hydrogen) atoms. The Morgan fingerprint density at radius 3 is 2.73 bits per heavy atom. The third-order valence-corrected chi connectivity index (χ3v) is 2.16. The van der Waals surface area contributed by atoms with Gasteiger partial charge in [0.15, 0.2) is 0 Å². The maximum absolute atomic E-state index is 11.1. The molecule has 6 heteroatoms.